The molecule has 57 heavy (non-hydrogen) atoms. The molecule has 0 saturated carbocycles. The number of nitrogens with two attached hydrogens (primary N) is 1. The predicted octanol–water partition coefficient (Wildman–Crippen LogP) is 3.89. The van der Waals surface area contributed by atoms with E-state index >= 15 is 0 Å². The average Bonchev–Trinajstić information content (AvgIpc) is 4.01. The van der Waals surface area contributed by atoms with Crippen LogP contribution in [0.2, 0.25) is 0 Å². The van der Waals surface area contributed by atoms with Gasteiger partial charge in [-0.3, -0.25) is 19.8 Å². The fourth-order valence-corrected chi connectivity index (χ4v) is 7.05. The molecule has 300 valence electrons. The average molecular weight is 781 g/mol. The zero-order chi connectivity index (χ0) is 40.1. The highest BCUT2D eigenvalue weighted by Gasteiger charge is 2.47. The summed E-state index contributed by atoms with van der Waals surface area (Å²) in [6.07, 6.45) is 0.319. The molecule has 0 unspecified atom stereocenters. The lowest BCUT2D eigenvalue weighted by molar-refractivity contribution is -0.142. The fraction of sp³-hybridized carbons (Fsp3) is 0.390. The molecule has 4 atom stereocenters. The van der Waals surface area contributed by atoms with Gasteiger partial charge in [-0.05, 0) is 61.8 Å². The van der Waals surface area contributed by atoms with E-state index in [1.807, 2.05) is 60.7 Å². The van der Waals surface area contributed by atoms with Crippen molar-refractivity contribution in [1.82, 2.24) is 30.7 Å². The number of para-hydroxylation sites is 2. The summed E-state index contributed by atoms with van der Waals surface area (Å²) in [6, 6.07) is 21.8. The number of nitrogens with zero attached hydrogens (tertiary/aromatic N) is 3. The van der Waals surface area contributed by atoms with Crippen molar-refractivity contribution in [2.24, 2.45) is 5.73 Å². The summed E-state index contributed by atoms with van der Waals surface area (Å²) in [6.45, 7) is 1.27. The molecule has 0 spiro atoms. The van der Waals surface area contributed by atoms with Crippen molar-refractivity contribution < 1.29 is 37.9 Å². The lowest BCUT2D eigenvalue weighted by atomic mass is 10.0. The third-order valence-electron chi connectivity index (χ3n) is 10.0. The van der Waals surface area contributed by atoms with Crippen LogP contribution in [0.3, 0.4) is 0 Å². The van der Waals surface area contributed by atoms with Gasteiger partial charge in [-0.15, -0.1) is 0 Å². The second-order valence-electron chi connectivity index (χ2n) is 14.1. The molecule has 4 aromatic rings. The van der Waals surface area contributed by atoms with Crippen LogP contribution >= 0.6 is 0 Å². The Labute approximate surface area is 329 Å². The summed E-state index contributed by atoms with van der Waals surface area (Å²) in [7, 11) is 0. The molecule has 2 aliphatic heterocycles. The molecular weight excluding hydrogens is 732 g/mol. The Balaban J connectivity index is 1.25. The van der Waals surface area contributed by atoms with Gasteiger partial charge in [-0.2, -0.15) is 0 Å². The molecule has 3 heterocycles. The van der Waals surface area contributed by atoms with Crippen LogP contribution in [0.5, 0.6) is 0 Å². The molecule has 2 aliphatic rings. The maximum atomic E-state index is 14.6. The van der Waals surface area contributed by atoms with Gasteiger partial charge in [0, 0.05) is 32.6 Å². The van der Waals surface area contributed by atoms with Crippen LogP contribution in [-0.2, 0) is 32.1 Å². The quantitative estimate of drug-likeness (QED) is 0.0475. The Morgan fingerprint density at radius 3 is 2.25 bits per heavy atom. The van der Waals surface area contributed by atoms with E-state index in [1.165, 1.54) is 4.90 Å². The summed E-state index contributed by atoms with van der Waals surface area (Å²) in [5.74, 6) is -2.37. The number of aromatic nitrogens is 1. The van der Waals surface area contributed by atoms with Crippen molar-refractivity contribution in [3.8, 4) is 0 Å². The highest BCUT2D eigenvalue weighted by molar-refractivity contribution is 6.01. The number of rotatable bonds is 16. The van der Waals surface area contributed by atoms with Crippen LogP contribution in [-0.4, -0.2) is 101 Å². The number of ether oxygens (including phenoxy) is 2. The van der Waals surface area contributed by atoms with Crippen molar-refractivity contribution >= 4 is 46.8 Å². The Bertz CT molecular complexity index is 1990. The van der Waals surface area contributed by atoms with Crippen LogP contribution < -0.4 is 21.7 Å². The molecule has 1 aromatic heterocycles. The van der Waals surface area contributed by atoms with Gasteiger partial charge in [0.2, 0.25) is 17.6 Å². The highest BCUT2D eigenvalue weighted by Crippen LogP contribution is 2.26. The first-order valence-electron chi connectivity index (χ1n) is 19.2. The molecule has 6 rings (SSSR count). The molecule has 16 nitrogen and oxygen atoms in total. The van der Waals surface area contributed by atoms with E-state index < -0.39 is 54.0 Å². The van der Waals surface area contributed by atoms with Crippen LogP contribution in [0.4, 0.5) is 9.59 Å². The van der Waals surface area contributed by atoms with E-state index in [4.69, 9.17) is 25.0 Å². The lowest BCUT2D eigenvalue weighted by Gasteiger charge is -2.31. The Hall–Kier alpha value is -6.45. The molecular formula is C41H48N8O8. The first-order chi connectivity index (χ1) is 27.7. The van der Waals surface area contributed by atoms with Crippen LogP contribution in [0.15, 0.2) is 89.3 Å². The predicted molar refractivity (Wildman–Crippen MR) is 209 cm³/mol. The first kappa shape index (κ1) is 40.2. The molecule has 0 bridgehead atoms. The topological polar surface area (TPSA) is 222 Å². The number of likely N-dealkylation sites (tertiary alicyclic amines) is 2. The van der Waals surface area contributed by atoms with E-state index in [-0.39, 0.29) is 50.8 Å². The summed E-state index contributed by atoms with van der Waals surface area (Å²) >= 11 is 0. The highest BCUT2D eigenvalue weighted by atomic mass is 16.6. The maximum absolute atomic E-state index is 14.6. The fourth-order valence-electron chi connectivity index (χ4n) is 7.05. The van der Waals surface area contributed by atoms with E-state index in [1.54, 1.807) is 29.2 Å². The molecule has 6 N–H and O–H groups in total. The maximum Gasteiger partial charge on any atom is 0.410 e. The molecule has 0 radical (unpaired) electrons. The van der Waals surface area contributed by atoms with Crippen LogP contribution in [0.1, 0.15) is 60.3 Å². The van der Waals surface area contributed by atoms with Crippen molar-refractivity contribution in [3.05, 3.63) is 102 Å². The van der Waals surface area contributed by atoms with Crippen LogP contribution in [0.25, 0.3) is 11.1 Å². The standard InChI is InChI=1S/C41H48N8O8/c42-39(43)44-22-11-17-30(35(50)37-46-29-16-7-8-18-32(29)56-37)45-36(51)34-33(57-41(54)48-23-9-10-24-48)21-25-49(34)38(52)31(20-19-27-12-3-1-4-13-27)47-40(53)55-26-28-14-5-2-6-15-28/h1-8,12-16,18,30-31,33-34H,9-11,17,19-26H2,(H,45,51)(H,47,53)(H4,42,43,44)/t30-,31+,33-,34-/m0/s1. The van der Waals surface area contributed by atoms with Gasteiger partial charge in [0.25, 0.3) is 5.89 Å². The number of ketones is 1. The van der Waals surface area contributed by atoms with Crippen molar-refractivity contribution in [2.75, 3.05) is 26.2 Å². The van der Waals surface area contributed by atoms with E-state index in [2.05, 4.69) is 20.9 Å². The molecule has 2 saturated heterocycles. The third-order valence-corrected chi connectivity index (χ3v) is 10.0. The Morgan fingerprint density at radius 2 is 1.54 bits per heavy atom. The van der Waals surface area contributed by atoms with E-state index in [0.717, 1.165) is 24.0 Å². The third kappa shape index (κ3) is 10.9. The Morgan fingerprint density at radius 1 is 0.860 bits per heavy atom. The van der Waals surface area contributed by atoms with Gasteiger partial charge in [0.15, 0.2) is 11.5 Å². The SMILES string of the molecule is N=C(N)NCCC[C@H](NC(=O)[C@@H]1[C@@H](OC(=O)N2CCCC2)CCN1C(=O)[C@@H](CCc1ccccc1)NC(=O)OCc1ccccc1)C(=O)c1nc2ccccc2o1. The number of hydrogen-bond acceptors (Lipinski definition) is 10. The monoisotopic (exact) mass is 780 g/mol. The van der Waals surface area contributed by atoms with E-state index in [9.17, 15) is 24.0 Å². The minimum Gasteiger partial charge on any atom is -0.445 e. The number of aryl methyl sites for hydroxylation is 1. The molecule has 2 fully saturated rings. The summed E-state index contributed by atoms with van der Waals surface area (Å²) in [5, 5.41) is 15.7. The van der Waals surface area contributed by atoms with Gasteiger partial charge >= 0.3 is 12.2 Å². The van der Waals surface area contributed by atoms with Gasteiger partial charge in [-0.25, -0.2) is 14.6 Å². The summed E-state index contributed by atoms with van der Waals surface area (Å²) < 4.78 is 17.2. The van der Waals surface area contributed by atoms with Crippen molar-refractivity contribution in [1.29, 1.82) is 5.41 Å². The number of benzene rings is 3. The van der Waals surface area contributed by atoms with E-state index in [0.29, 0.717) is 37.0 Å². The molecule has 4 amide bonds. The van der Waals surface area contributed by atoms with Crippen molar-refractivity contribution in [3.63, 3.8) is 0 Å². The minimum absolute atomic E-state index is 0.0209. The minimum atomic E-state index is -1.35. The van der Waals surface area contributed by atoms with Gasteiger partial charge in [0.1, 0.15) is 30.3 Å². The van der Waals surface area contributed by atoms with Crippen molar-refractivity contribution in [2.45, 2.75) is 75.8 Å². The number of fused-ring (bicyclic) bond motifs is 1. The second kappa shape index (κ2) is 19.4. The number of carbonyl (C=O) groups is 5. The molecule has 0 aliphatic carbocycles. The Kier molecular flexibility index (Phi) is 13.7. The zero-order valence-electron chi connectivity index (χ0n) is 31.6. The number of nitrogens with one attached hydrogen (secondary N) is 4. The number of amides is 4. The van der Waals surface area contributed by atoms with Gasteiger partial charge in [0.05, 0.1) is 6.04 Å². The van der Waals surface area contributed by atoms with Gasteiger partial charge < -0.3 is 45.4 Å². The largest absolute Gasteiger partial charge is 0.445 e. The van der Waals surface area contributed by atoms with Crippen LogP contribution in [0, 0.1) is 5.41 Å². The number of alkyl carbamates (subject to hydrolysis) is 1. The molecule has 3 aromatic carbocycles. The zero-order valence-corrected chi connectivity index (χ0v) is 31.6. The summed E-state index contributed by atoms with van der Waals surface area (Å²) in [4.78, 5) is 76.8. The number of Topliss-reactive ketones (excluding diaryl/α,β-unsaturated/α-hetero) is 1. The number of oxazole rings is 1. The number of hydrogen-bond donors (Lipinski definition) is 5. The smallest absolute Gasteiger partial charge is 0.410 e. The lowest BCUT2D eigenvalue weighted by Crippen LogP contribution is -2.58. The normalized spacial score (nSPS) is 17.4. The second-order valence-corrected chi connectivity index (χ2v) is 14.1. The first-order valence-corrected chi connectivity index (χ1v) is 19.2. The molecule has 16 heteroatoms. The summed E-state index contributed by atoms with van der Waals surface area (Å²) in [5.41, 5.74) is 8.00. The number of guanidine groups is 1. The van der Waals surface area contributed by atoms with Gasteiger partial charge in [-0.1, -0.05) is 72.8 Å². The number of carbonyl (C=O) groups excluding carboxylic acids is 5.